The number of hydrogen-bond acceptors (Lipinski definition) is 4. The van der Waals surface area contributed by atoms with E-state index in [1.54, 1.807) is 18.3 Å². The molecular weight excluding hydrogens is 345 g/mol. The highest BCUT2D eigenvalue weighted by atomic mass is 19.1. The standard InChI is InChI=1S/C21H24FN3O2/c22-17-3-1-2-15(8-17)21(26)25-6-4-14-10-20(14)16-9-19(12-23-11-16)27-13-18-5-7-24-18/h1-3,8-9,11-12,14,18,20,24H,4-7,10,13H2,(H,25,26)/t14-,18+,20+/m1/s1. The number of rotatable bonds is 8. The van der Waals surface area contributed by atoms with Gasteiger partial charge in [-0.05, 0) is 67.5 Å². The summed E-state index contributed by atoms with van der Waals surface area (Å²) in [5, 5.41) is 6.19. The first-order valence-electron chi connectivity index (χ1n) is 9.54. The zero-order chi connectivity index (χ0) is 18.6. The molecular formula is C21H24FN3O2. The van der Waals surface area contributed by atoms with E-state index in [9.17, 15) is 9.18 Å². The van der Waals surface area contributed by atoms with Crippen LogP contribution in [0.5, 0.6) is 5.75 Å². The number of aromatic nitrogens is 1. The first-order chi connectivity index (χ1) is 13.2. The summed E-state index contributed by atoms with van der Waals surface area (Å²) in [4.78, 5) is 16.3. The summed E-state index contributed by atoms with van der Waals surface area (Å²) < 4.78 is 19.0. The van der Waals surface area contributed by atoms with Crippen molar-refractivity contribution in [2.24, 2.45) is 5.92 Å². The number of nitrogens with one attached hydrogen (secondary N) is 2. The summed E-state index contributed by atoms with van der Waals surface area (Å²) in [7, 11) is 0. The zero-order valence-electron chi connectivity index (χ0n) is 15.2. The molecule has 1 aliphatic carbocycles. The smallest absolute Gasteiger partial charge is 0.251 e. The minimum atomic E-state index is -0.396. The molecule has 0 bridgehead atoms. The van der Waals surface area contributed by atoms with Gasteiger partial charge in [-0.25, -0.2) is 4.39 Å². The molecule has 2 heterocycles. The fourth-order valence-electron chi connectivity index (χ4n) is 3.48. The Kier molecular flexibility index (Phi) is 5.34. The van der Waals surface area contributed by atoms with Crippen molar-refractivity contribution in [1.82, 2.24) is 15.6 Å². The van der Waals surface area contributed by atoms with Gasteiger partial charge >= 0.3 is 0 Å². The summed E-state index contributed by atoms with van der Waals surface area (Å²) in [6, 6.07) is 8.30. The van der Waals surface area contributed by atoms with Crippen LogP contribution < -0.4 is 15.4 Å². The average Bonchev–Trinajstić information content (AvgIpc) is 3.40. The number of carbonyl (C=O) groups is 1. The van der Waals surface area contributed by atoms with Crippen LogP contribution in [-0.2, 0) is 0 Å². The molecule has 1 aliphatic heterocycles. The van der Waals surface area contributed by atoms with E-state index in [0.29, 0.717) is 36.6 Å². The Morgan fingerprint density at radius 3 is 3.00 bits per heavy atom. The topological polar surface area (TPSA) is 63.2 Å². The maximum Gasteiger partial charge on any atom is 0.251 e. The van der Waals surface area contributed by atoms with Gasteiger partial charge in [0.2, 0.25) is 0 Å². The summed E-state index contributed by atoms with van der Waals surface area (Å²) in [6.07, 6.45) is 6.84. The van der Waals surface area contributed by atoms with E-state index in [1.807, 2.05) is 6.20 Å². The van der Waals surface area contributed by atoms with Crippen molar-refractivity contribution in [1.29, 1.82) is 0 Å². The number of benzene rings is 1. The van der Waals surface area contributed by atoms with Gasteiger partial charge < -0.3 is 15.4 Å². The Hall–Kier alpha value is -2.47. The predicted molar refractivity (Wildman–Crippen MR) is 100 cm³/mol. The van der Waals surface area contributed by atoms with E-state index >= 15 is 0 Å². The molecule has 4 rings (SSSR count). The molecule has 2 N–H and O–H groups in total. The van der Waals surface area contributed by atoms with Crippen LogP contribution in [0, 0.1) is 11.7 Å². The summed E-state index contributed by atoms with van der Waals surface area (Å²) >= 11 is 0. The molecule has 1 saturated heterocycles. The molecule has 0 spiro atoms. The van der Waals surface area contributed by atoms with Crippen molar-refractivity contribution in [3.05, 3.63) is 59.7 Å². The molecule has 1 aromatic carbocycles. The minimum Gasteiger partial charge on any atom is -0.490 e. The van der Waals surface area contributed by atoms with Crippen LogP contribution >= 0.6 is 0 Å². The van der Waals surface area contributed by atoms with Gasteiger partial charge in [-0.15, -0.1) is 0 Å². The molecule has 1 aromatic heterocycles. The average molecular weight is 369 g/mol. The van der Waals surface area contributed by atoms with Gasteiger partial charge in [-0.2, -0.15) is 0 Å². The molecule has 1 saturated carbocycles. The summed E-state index contributed by atoms with van der Waals surface area (Å²) in [6.45, 7) is 2.35. The molecule has 2 fully saturated rings. The number of pyridine rings is 1. The van der Waals surface area contributed by atoms with Crippen LogP contribution in [0.2, 0.25) is 0 Å². The zero-order valence-corrected chi connectivity index (χ0v) is 15.2. The highest BCUT2D eigenvalue weighted by Crippen LogP contribution is 2.49. The molecule has 2 aromatic rings. The van der Waals surface area contributed by atoms with Crippen LogP contribution in [0.1, 0.15) is 41.1 Å². The van der Waals surface area contributed by atoms with Crippen molar-refractivity contribution < 1.29 is 13.9 Å². The van der Waals surface area contributed by atoms with Gasteiger partial charge in [0, 0.05) is 24.3 Å². The van der Waals surface area contributed by atoms with E-state index in [1.165, 1.54) is 24.1 Å². The molecule has 2 aliphatic rings. The van der Waals surface area contributed by atoms with Crippen molar-refractivity contribution in [3.63, 3.8) is 0 Å². The number of ether oxygens (including phenoxy) is 1. The Morgan fingerprint density at radius 2 is 2.22 bits per heavy atom. The van der Waals surface area contributed by atoms with E-state index in [-0.39, 0.29) is 5.91 Å². The molecule has 0 radical (unpaired) electrons. The van der Waals surface area contributed by atoms with Gasteiger partial charge in [-0.3, -0.25) is 9.78 Å². The predicted octanol–water partition coefficient (Wildman–Crippen LogP) is 2.89. The van der Waals surface area contributed by atoms with Gasteiger partial charge in [0.05, 0.1) is 6.20 Å². The lowest BCUT2D eigenvalue weighted by atomic mass is 10.1. The summed E-state index contributed by atoms with van der Waals surface area (Å²) in [5.41, 5.74) is 1.56. The Balaban J connectivity index is 1.22. The quantitative estimate of drug-likeness (QED) is 0.751. The molecule has 142 valence electrons. The maximum atomic E-state index is 13.2. The monoisotopic (exact) mass is 369 g/mol. The molecule has 1 amide bonds. The van der Waals surface area contributed by atoms with Crippen LogP contribution in [-0.4, -0.2) is 36.6 Å². The summed E-state index contributed by atoms with van der Waals surface area (Å²) in [5.74, 6) is 1.23. The maximum absolute atomic E-state index is 13.2. The van der Waals surface area contributed by atoms with E-state index in [2.05, 4.69) is 21.7 Å². The first-order valence-corrected chi connectivity index (χ1v) is 9.54. The second kappa shape index (κ2) is 8.05. The van der Waals surface area contributed by atoms with Gasteiger partial charge in [0.15, 0.2) is 0 Å². The lowest BCUT2D eigenvalue weighted by Crippen LogP contribution is -2.46. The largest absolute Gasteiger partial charge is 0.490 e. The lowest BCUT2D eigenvalue weighted by molar-refractivity contribution is 0.0952. The van der Waals surface area contributed by atoms with Gasteiger partial charge in [-0.1, -0.05) is 6.07 Å². The van der Waals surface area contributed by atoms with Crippen LogP contribution in [0.3, 0.4) is 0 Å². The molecule has 6 heteroatoms. The fraction of sp³-hybridized carbons (Fsp3) is 0.429. The SMILES string of the molecule is O=C(NCC[C@@H]1C[C@@H]1c1cncc(OC[C@@H]2CCN2)c1)c1cccc(F)c1. The molecule has 27 heavy (non-hydrogen) atoms. The number of amides is 1. The van der Waals surface area contributed by atoms with Crippen molar-refractivity contribution in [2.45, 2.75) is 31.2 Å². The van der Waals surface area contributed by atoms with E-state index in [0.717, 1.165) is 25.1 Å². The van der Waals surface area contributed by atoms with Crippen molar-refractivity contribution in [3.8, 4) is 5.75 Å². The highest BCUT2D eigenvalue weighted by molar-refractivity contribution is 5.94. The molecule has 5 nitrogen and oxygen atoms in total. The Bertz CT molecular complexity index is 810. The molecule has 3 atom stereocenters. The number of hydrogen-bond donors (Lipinski definition) is 2. The van der Waals surface area contributed by atoms with Crippen molar-refractivity contribution in [2.75, 3.05) is 19.7 Å². The van der Waals surface area contributed by atoms with Gasteiger partial charge in [0.1, 0.15) is 18.2 Å². The highest BCUT2D eigenvalue weighted by Gasteiger charge is 2.38. The third-order valence-electron chi connectivity index (χ3n) is 5.35. The van der Waals surface area contributed by atoms with Crippen LogP contribution in [0.25, 0.3) is 0 Å². The minimum absolute atomic E-state index is 0.228. The Labute approximate surface area is 158 Å². The van der Waals surface area contributed by atoms with E-state index < -0.39 is 5.82 Å². The van der Waals surface area contributed by atoms with Crippen molar-refractivity contribution >= 4 is 5.91 Å². The first kappa shape index (κ1) is 17.9. The Morgan fingerprint density at radius 1 is 1.33 bits per heavy atom. The van der Waals surface area contributed by atoms with E-state index in [4.69, 9.17) is 4.74 Å². The lowest BCUT2D eigenvalue weighted by Gasteiger charge is -2.27. The number of carbonyl (C=O) groups excluding carboxylic acids is 1. The third-order valence-corrected chi connectivity index (χ3v) is 5.35. The second-order valence-corrected chi connectivity index (χ2v) is 7.36. The van der Waals surface area contributed by atoms with Crippen LogP contribution in [0.4, 0.5) is 4.39 Å². The fourth-order valence-corrected chi connectivity index (χ4v) is 3.48. The van der Waals surface area contributed by atoms with Gasteiger partial charge in [0.25, 0.3) is 5.91 Å². The number of halogens is 1. The number of nitrogens with zero attached hydrogens (tertiary/aromatic N) is 1. The normalized spacial score (nSPS) is 23.4. The van der Waals surface area contributed by atoms with Crippen LogP contribution in [0.15, 0.2) is 42.7 Å². The second-order valence-electron chi connectivity index (χ2n) is 7.36. The third kappa shape index (κ3) is 4.63. The molecule has 0 unspecified atom stereocenters.